The van der Waals surface area contributed by atoms with Gasteiger partial charge in [0.05, 0.1) is 12.4 Å². The van der Waals surface area contributed by atoms with Crippen LogP contribution in [-0.2, 0) is 4.79 Å². The maximum Gasteiger partial charge on any atom is 0.160 e. The lowest BCUT2D eigenvalue weighted by molar-refractivity contribution is -0.114. The zero-order valence-electron chi connectivity index (χ0n) is 15.2. The molecule has 0 unspecified atom stereocenters. The number of benzene rings is 2. The van der Waals surface area contributed by atoms with Gasteiger partial charge >= 0.3 is 0 Å². The molecule has 0 aromatic heterocycles. The first-order valence-electron chi connectivity index (χ1n) is 8.63. The average Bonchev–Trinajstić information content (AvgIpc) is 2.62. The van der Waals surface area contributed by atoms with Crippen LogP contribution in [0.4, 0.5) is 0 Å². The number of aliphatic hydroxyl groups excluding tert-OH is 1. The molecular formula is C22H22O4. The second-order valence-corrected chi connectivity index (χ2v) is 6.16. The first kappa shape index (κ1) is 17.8. The van der Waals surface area contributed by atoms with E-state index in [1.807, 2.05) is 61.5 Å². The molecule has 0 saturated heterocycles. The largest absolute Gasteiger partial charge is 0.512 e. The lowest BCUT2D eigenvalue weighted by Crippen LogP contribution is -2.16. The minimum atomic E-state index is -0.357. The van der Waals surface area contributed by atoms with Crippen LogP contribution in [0.15, 0.2) is 65.9 Å². The van der Waals surface area contributed by atoms with Crippen molar-refractivity contribution >= 4 is 11.5 Å². The maximum atomic E-state index is 12.1. The van der Waals surface area contributed by atoms with Crippen LogP contribution in [-0.4, -0.2) is 17.5 Å². The van der Waals surface area contributed by atoms with Crippen molar-refractivity contribution in [2.45, 2.75) is 26.7 Å². The minimum Gasteiger partial charge on any atom is -0.512 e. The summed E-state index contributed by atoms with van der Waals surface area (Å²) >= 11 is 0. The molecule has 1 aliphatic heterocycles. The smallest absolute Gasteiger partial charge is 0.160 e. The summed E-state index contributed by atoms with van der Waals surface area (Å²) in [5, 5.41) is 10.1. The number of aliphatic hydroxyl groups is 1. The van der Waals surface area contributed by atoms with Gasteiger partial charge in [0, 0.05) is 22.6 Å². The zero-order chi connectivity index (χ0) is 18.7. The third-order valence-corrected chi connectivity index (χ3v) is 4.32. The van der Waals surface area contributed by atoms with E-state index in [4.69, 9.17) is 9.47 Å². The highest BCUT2D eigenvalue weighted by Crippen LogP contribution is 2.41. The maximum absolute atomic E-state index is 12.1. The van der Waals surface area contributed by atoms with Crippen LogP contribution in [0, 0.1) is 0 Å². The van der Waals surface area contributed by atoms with Crippen LogP contribution in [0.2, 0.25) is 0 Å². The van der Waals surface area contributed by atoms with E-state index in [-0.39, 0.29) is 17.5 Å². The highest BCUT2D eigenvalue weighted by atomic mass is 16.5. The van der Waals surface area contributed by atoms with Crippen molar-refractivity contribution in [3.05, 3.63) is 77.1 Å². The number of fused-ring (bicyclic) bond motifs is 1. The normalized spacial score (nSPS) is 16.7. The highest BCUT2D eigenvalue weighted by Gasteiger charge is 2.28. The standard InChI is InChI=1S/C22H22O4/c1-4-25-17-11-9-16(10-12-17)21-13-19(22(14(2)23)15(3)24)18-7-5-6-8-20(18)26-21/h5-13,19,23H,4H2,1-3H3/b22-14-/t19-/m1/s1. The molecule has 1 N–H and O–H groups in total. The number of allylic oxidation sites excluding steroid dienone is 3. The minimum absolute atomic E-state index is 0.0292. The molecule has 0 aliphatic carbocycles. The molecule has 0 amide bonds. The predicted molar refractivity (Wildman–Crippen MR) is 101 cm³/mol. The van der Waals surface area contributed by atoms with Gasteiger partial charge in [0.1, 0.15) is 17.3 Å². The summed E-state index contributed by atoms with van der Waals surface area (Å²) < 4.78 is 11.5. The number of Topliss-reactive ketones (excluding diaryl/α,β-unsaturated/α-hetero) is 1. The van der Waals surface area contributed by atoms with E-state index >= 15 is 0 Å². The quantitative estimate of drug-likeness (QED) is 0.607. The van der Waals surface area contributed by atoms with Gasteiger partial charge in [0.25, 0.3) is 0 Å². The Hall–Kier alpha value is -3.01. The molecule has 2 aromatic rings. The number of hydrogen-bond acceptors (Lipinski definition) is 4. The molecule has 1 heterocycles. The molecular weight excluding hydrogens is 328 g/mol. The van der Waals surface area contributed by atoms with E-state index in [1.54, 1.807) is 6.92 Å². The number of carbonyl (C=O) groups is 1. The van der Waals surface area contributed by atoms with Gasteiger partial charge in [-0.2, -0.15) is 0 Å². The van der Waals surface area contributed by atoms with E-state index in [2.05, 4.69) is 0 Å². The molecule has 2 aromatic carbocycles. The third-order valence-electron chi connectivity index (χ3n) is 4.32. The fraction of sp³-hybridized carbons (Fsp3) is 0.227. The Bertz CT molecular complexity index is 871. The molecule has 134 valence electrons. The van der Waals surface area contributed by atoms with E-state index < -0.39 is 0 Å². The summed E-state index contributed by atoms with van der Waals surface area (Å²) in [6.07, 6.45) is 1.88. The Morgan fingerprint density at radius 3 is 2.42 bits per heavy atom. The van der Waals surface area contributed by atoms with Crippen molar-refractivity contribution in [1.29, 1.82) is 0 Å². The van der Waals surface area contributed by atoms with Crippen molar-refractivity contribution < 1.29 is 19.4 Å². The van der Waals surface area contributed by atoms with Crippen LogP contribution < -0.4 is 9.47 Å². The van der Waals surface area contributed by atoms with Crippen LogP contribution in [0.1, 0.15) is 37.8 Å². The number of rotatable bonds is 5. The Balaban J connectivity index is 2.07. The molecule has 1 atom stereocenters. The number of hydrogen-bond donors (Lipinski definition) is 1. The Morgan fingerprint density at radius 1 is 1.12 bits per heavy atom. The van der Waals surface area contributed by atoms with Gasteiger partial charge in [-0.05, 0) is 57.2 Å². The second kappa shape index (κ2) is 7.48. The van der Waals surface area contributed by atoms with Crippen LogP contribution in [0.3, 0.4) is 0 Å². The van der Waals surface area contributed by atoms with E-state index in [0.29, 0.717) is 23.7 Å². The SMILES string of the molecule is CCOc1ccc(C2=C[C@@H](/C(C(C)=O)=C(/C)O)c3ccccc3O2)cc1. The van der Waals surface area contributed by atoms with Crippen molar-refractivity contribution in [3.8, 4) is 11.5 Å². The summed E-state index contributed by atoms with van der Waals surface area (Å²) in [5.41, 5.74) is 2.12. The van der Waals surface area contributed by atoms with Crippen LogP contribution in [0.5, 0.6) is 11.5 Å². The van der Waals surface area contributed by atoms with Gasteiger partial charge in [-0.1, -0.05) is 18.2 Å². The fourth-order valence-corrected chi connectivity index (χ4v) is 3.20. The molecule has 3 rings (SSSR count). The summed E-state index contributed by atoms with van der Waals surface area (Å²) in [5.74, 6) is 1.64. The van der Waals surface area contributed by atoms with E-state index in [1.165, 1.54) is 6.92 Å². The lowest BCUT2D eigenvalue weighted by atomic mass is 9.85. The monoisotopic (exact) mass is 350 g/mol. The van der Waals surface area contributed by atoms with Crippen LogP contribution >= 0.6 is 0 Å². The van der Waals surface area contributed by atoms with Crippen molar-refractivity contribution in [2.24, 2.45) is 0 Å². The number of para-hydroxylation sites is 1. The molecule has 1 aliphatic rings. The van der Waals surface area contributed by atoms with E-state index in [0.717, 1.165) is 16.9 Å². The van der Waals surface area contributed by atoms with Crippen molar-refractivity contribution in [2.75, 3.05) is 6.61 Å². The molecule has 0 saturated carbocycles. The molecule has 0 spiro atoms. The van der Waals surface area contributed by atoms with Gasteiger partial charge in [-0.25, -0.2) is 0 Å². The van der Waals surface area contributed by atoms with Crippen LogP contribution in [0.25, 0.3) is 5.76 Å². The first-order valence-corrected chi connectivity index (χ1v) is 8.63. The second-order valence-electron chi connectivity index (χ2n) is 6.16. The van der Waals surface area contributed by atoms with E-state index in [9.17, 15) is 9.90 Å². The van der Waals surface area contributed by atoms with Gasteiger partial charge in [-0.15, -0.1) is 0 Å². The Labute approximate surface area is 153 Å². The first-order chi connectivity index (χ1) is 12.5. The van der Waals surface area contributed by atoms with Gasteiger partial charge in [0.15, 0.2) is 5.78 Å². The summed E-state index contributed by atoms with van der Waals surface area (Å²) in [4.78, 5) is 12.1. The third kappa shape index (κ3) is 3.49. The van der Waals surface area contributed by atoms with Gasteiger partial charge in [-0.3, -0.25) is 4.79 Å². The number of carbonyl (C=O) groups excluding carboxylic acids is 1. The Kier molecular flexibility index (Phi) is 5.12. The lowest BCUT2D eigenvalue weighted by Gasteiger charge is -2.26. The fourth-order valence-electron chi connectivity index (χ4n) is 3.20. The molecule has 4 heteroatoms. The number of ether oxygens (including phenoxy) is 2. The topological polar surface area (TPSA) is 55.8 Å². The van der Waals surface area contributed by atoms with Gasteiger partial charge in [0.2, 0.25) is 0 Å². The molecule has 4 nitrogen and oxygen atoms in total. The average molecular weight is 350 g/mol. The zero-order valence-corrected chi connectivity index (χ0v) is 15.2. The summed E-state index contributed by atoms with van der Waals surface area (Å²) in [7, 11) is 0. The van der Waals surface area contributed by atoms with Crippen molar-refractivity contribution in [3.63, 3.8) is 0 Å². The molecule has 0 bridgehead atoms. The predicted octanol–water partition coefficient (Wildman–Crippen LogP) is 5.02. The Morgan fingerprint density at radius 2 is 1.81 bits per heavy atom. The summed E-state index contributed by atoms with van der Waals surface area (Å²) in [6.45, 7) is 5.56. The van der Waals surface area contributed by atoms with Gasteiger partial charge < -0.3 is 14.6 Å². The summed E-state index contributed by atoms with van der Waals surface area (Å²) in [6, 6.07) is 15.2. The molecule has 0 fully saturated rings. The highest BCUT2D eigenvalue weighted by molar-refractivity contribution is 5.96. The molecule has 0 radical (unpaired) electrons. The van der Waals surface area contributed by atoms with Crippen molar-refractivity contribution in [1.82, 2.24) is 0 Å². The number of ketones is 1. The molecule has 26 heavy (non-hydrogen) atoms.